The van der Waals surface area contributed by atoms with Crippen molar-refractivity contribution in [3.05, 3.63) is 64.7 Å². The second kappa shape index (κ2) is 8.72. The van der Waals surface area contributed by atoms with Gasteiger partial charge in [-0.25, -0.2) is 14.5 Å². The van der Waals surface area contributed by atoms with Gasteiger partial charge in [-0.15, -0.1) is 0 Å². The number of hydrogen-bond donors (Lipinski definition) is 2. The van der Waals surface area contributed by atoms with Gasteiger partial charge in [-0.05, 0) is 55.0 Å². The summed E-state index contributed by atoms with van der Waals surface area (Å²) < 4.78 is 5.67. The zero-order valence-corrected chi connectivity index (χ0v) is 19.8. The van der Waals surface area contributed by atoms with Crippen molar-refractivity contribution in [1.82, 2.24) is 15.1 Å². The summed E-state index contributed by atoms with van der Waals surface area (Å²) in [6, 6.07) is 12.8. The van der Waals surface area contributed by atoms with Gasteiger partial charge in [0.15, 0.2) is 0 Å². The van der Waals surface area contributed by atoms with Gasteiger partial charge in [-0.1, -0.05) is 30.3 Å². The Hall–Kier alpha value is -3.88. The van der Waals surface area contributed by atoms with Crippen molar-refractivity contribution in [2.24, 2.45) is 0 Å². The lowest BCUT2D eigenvalue weighted by Crippen LogP contribution is -2.46. The molecule has 2 atom stereocenters. The maximum atomic E-state index is 13.5. The predicted octanol–water partition coefficient (Wildman–Crippen LogP) is 2.92. The molecule has 2 aromatic carbocycles. The van der Waals surface area contributed by atoms with Gasteiger partial charge in [-0.2, -0.15) is 0 Å². The van der Waals surface area contributed by atoms with Crippen LogP contribution in [-0.2, 0) is 39.3 Å². The van der Waals surface area contributed by atoms with Gasteiger partial charge in [0.1, 0.15) is 6.54 Å². The van der Waals surface area contributed by atoms with Crippen LogP contribution in [0.5, 0.6) is 0 Å². The van der Waals surface area contributed by atoms with E-state index in [9.17, 15) is 19.2 Å². The van der Waals surface area contributed by atoms with E-state index in [-0.39, 0.29) is 24.5 Å². The van der Waals surface area contributed by atoms with E-state index < -0.39 is 17.6 Å². The normalized spacial score (nSPS) is 23.0. The Kier molecular flexibility index (Phi) is 5.70. The Morgan fingerprint density at radius 1 is 1.09 bits per heavy atom. The first-order chi connectivity index (χ1) is 16.8. The van der Waals surface area contributed by atoms with Crippen LogP contribution in [0, 0.1) is 0 Å². The maximum Gasteiger partial charge on any atom is 0.418 e. The molecule has 0 bridgehead atoms. The highest BCUT2D eigenvalue weighted by molar-refractivity contribution is 6.06. The molecule has 35 heavy (non-hydrogen) atoms. The number of nitrogens with zero attached hydrogens (tertiary/aromatic N) is 2. The number of hydrogen-bond acceptors (Lipinski definition) is 5. The number of carbonyl (C=O) groups is 4. The topological polar surface area (TPSA) is 108 Å². The van der Waals surface area contributed by atoms with Crippen LogP contribution < -0.4 is 10.6 Å². The van der Waals surface area contributed by atoms with Crippen LogP contribution in [0.1, 0.15) is 42.0 Å². The molecule has 5 amide bonds. The minimum absolute atomic E-state index is 0.0176. The first kappa shape index (κ1) is 22.9. The van der Waals surface area contributed by atoms with Crippen molar-refractivity contribution >= 4 is 29.6 Å². The number of fused-ring (bicyclic) bond motifs is 3. The number of amides is 5. The number of carbonyl (C=O) groups excluding carboxylic acids is 4. The van der Waals surface area contributed by atoms with E-state index in [1.54, 1.807) is 23.1 Å². The molecule has 1 fully saturated rings. The first-order valence-corrected chi connectivity index (χ1v) is 11.9. The van der Waals surface area contributed by atoms with Crippen LogP contribution in [-0.4, -0.2) is 53.4 Å². The first-order valence-electron chi connectivity index (χ1n) is 11.9. The molecule has 0 saturated carbocycles. The summed E-state index contributed by atoms with van der Waals surface area (Å²) in [6.45, 7) is 2.09. The molecule has 0 unspecified atom stereocenters. The van der Waals surface area contributed by atoms with E-state index in [0.717, 1.165) is 28.9 Å². The number of aryl methyl sites for hydroxylation is 2. The minimum Gasteiger partial charge on any atom is -0.427 e. The lowest BCUT2D eigenvalue weighted by atomic mass is 9.94. The van der Waals surface area contributed by atoms with Crippen LogP contribution >= 0.6 is 0 Å². The number of urea groups is 1. The fourth-order valence-electron chi connectivity index (χ4n) is 5.30. The molecule has 1 saturated heterocycles. The number of rotatable bonds is 3. The van der Waals surface area contributed by atoms with Crippen molar-refractivity contribution in [3.63, 3.8) is 0 Å². The molecule has 1 spiro atoms. The Labute approximate surface area is 203 Å². The van der Waals surface area contributed by atoms with Gasteiger partial charge in [0, 0.05) is 37.3 Å². The van der Waals surface area contributed by atoms with Crippen molar-refractivity contribution in [1.29, 1.82) is 0 Å². The van der Waals surface area contributed by atoms with Gasteiger partial charge in [-0.3, -0.25) is 9.59 Å². The second-order valence-electron chi connectivity index (χ2n) is 9.34. The van der Waals surface area contributed by atoms with E-state index in [2.05, 4.69) is 16.7 Å². The van der Waals surface area contributed by atoms with Crippen LogP contribution in [0.3, 0.4) is 0 Å². The summed E-state index contributed by atoms with van der Waals surface area (Å²) in [5.74, 6) is -0.788. The fraction of sp³-hybridized carbons (Fsp3) is 0.385. The average Bonchev–Trinajstić information content (AvgIpc) is 3.25. The van der Waals surface area contributed by atoms with E-state index in [1.807, 2.05) is 25.1 Å². The van der Waals surface area contributed by atoms with Gasteiger partial charge in [0.2, 0.25) is 11.5 Å². The van der Waals surface area contributed by atoms with E-state index in [0.29, 0.717) is 30.6 Å². The quantitative estimate of drug-likeness (QED) is 0.708. The number of benzene rings is 2. The largest absolute Gasteiger partial charge is 0.427 e. The van der Waals surface area contributed by atoms with Gasteiger partial charge in [0.05, 0.1) is 0 Å². The summed E-state index contributed by atoms with van der Waals surface area (Å²) in [7, 11) is 1.52. The highest BCUT2D eigenvalue weighted by Crippen LogP contribution is 2.46. The van der Waals surface area contributed by atoms with E-state index >= 15 is 0 Å². The molecule has 1 aliphatic carbocycles. The average molecular weight is 477 g/mol. The molecule has 2 aromatic rings. The van der Waals surface area contributed by atoms with Crippen molar-refractivity contribution in [2.45, 2.75) is 50.8 Å². The van der Waals surface area contributed by atoms with Crippen molar-refractivity contribution < 1.29 is 23.9 Å². The monoisotopic (exact) mass is 476 g/mol. The molecule has 182 valence electrons. The fourth-order valence-corrected chi connectivity index (χ4v) is 5.30. The maximum absolute atomic E-state index is 13.5. The second-order valence-corrected chi connectivity index (χ2v) is 9.34. The highest BCUT2D eigenvalue weighted by Gasteiger charge is 2.58. The van der Waals surface area contributed by atoms with Gasteiger partial charge < -0.3 is 20.3 Å². The Balaban J connectivity index is 1.35. The van der Waals surface area contributed by atoms with Crippen molar-refractivity contribution in [2.75, 3.05) is 18.9 Å². The molecule has 2 N–H and O–H groups in total. The number of imide groups is 1. The number of nitrogens with one attached hydrogen (secondary N) is 2. The van der Waals surface area contributed by atoms with Gasteiger partial charge >= 0.3 is 12.1 Å². The van der Waals surface area contributed by atoms with Crippen LogP contribution in [0.2, 0.25) is 0 Å². The molecule has 2 aliphatic heterocycles. The molecule has 3 aliphatic rings. The molecular weight excluding hydrogens is 448 g/mol. The summed E-state index contributed by atoms with van der Waals surface area (Å²) in [5, 5.41) is 5.19. The predicted molar refractivity (Wildman–Crippen MR) is 127 cm³/mol. The van der Waals surface area contributed by atoms with Crippen LogP contribution in [0.4, 0.5) is 15.3 Å². The van der Waals surface area contributed by atoms with E-state index in [1.165, 1.54) is 12.6 Å². The summed E-state index contributed by atoms with van der Waals surface area (Å²) in [5.41, 5.74) is 2.89. The summed E-state index contributed by atoms with van der Waals surface area (Å²) >= 11 is 0. The zero-order chi connectivity index (χ0) is 24.7. The third-order valence-corrected chi connectivity index (χ3v) is 7.28. The Bertz CT molecular complexity index is 1230. The number of ether oxygens (including phenoxy) is 1. The Morgan fingerprint density at radius 2 is 1.86 bits per heavy atom. The smallest absolute Gasteiger partial charge is 0.418 e. The van der Waals surface area contributed by atoms with Crippen molar-refractivity contribution in [3.8, 4) is 0 Å². The minimum atomic E-state index is -1.42. The lowest BCUT2D eigenvalue weighted by Gasteiger charge is -2.28. The number of anilines is 1. The van der Waals surface area contributed by atoms with E-state index in [4.69, 9.17) is 4.74 Å². The molecule has 5 rings (SSSR count). The van der Waals surface area contributed by atoms with Crippen LogP contribution in [0.25, 0.3) is 0 Å². The highest BCUT2D eigenvalue weighted by atomic mass is 16.6. The Morgan fingerprint density at radius 3 is 2.63 bits per heavy atom. The summed E-state index contributed by atoms with van der Waals surface area (Å²) in [6.07, 6.45) is 1.70. The molecule has 0 radical (unpaired) electrons. The molecule has 9 heteroatoms. The standard InChI is InChI=1S/C26H28N4O5/c1-16-7-8-17-5-3-4-6-19(17)14-29(16)22(31)15-30-23(32)26(35-25(30)34)12-11-18-13-20(9-10-21(18)26)28-24(33)27-2/h3-6,9-10,13,16H,7-8,11-12,14-15H2,1-2H3,(H2,27,28,33)/t16-,26+/m0/s1. The lowest BCUT2D eigenvalue weighted by molar-refractivity contribution is -0.143. The zero-order valence-electron chi connectivity index (χ0n) is 19.8. The molecule has 9 nitrogen and oxygen atoms in total. The third kappa shape index (κ3) is 3.90. The molecule has 2 heterocycles. The van der Waals surface area contributed by atoms with Crippen LogP contribution in [0.15, 0.2) is 42.5 Å². The molecular formula is C26H28N4O5. The third-order valence-electron chi connectivity index (χ3n) is 7.28. The molecule has 0 aromatic heterocycles. The summed E-state index contributed by atoms with van der Waals surface area (Å²) in [4.78, 5) is 54.0. The SMILES string of the molecule is CNC(=O)Nc1ccc2c(c1)CC[C@@]21OC(=O)N(CC(=O)N2Cc3ccccc3CC[C@@H]2C)C1=O. The van der Waals surface area contributed by atoms with Gasteiger partial charge in [0.25, 0.3) is 5.91 Å².